The number of rotatable bonds is 4. The van der Waals surface area contributed by atoms with Crippen LogP contribution in [0.3, 0.4) is 0 Å². The number of carbonyl (C=O) groups is 1. The van der Waals surface area contributed by atoms with Gasteiger partial charge in [0.1, 0.15) is 6.54 Å². The van der Waals surface area contributed by atoms with Gasteiger partial charge in [0.25, 0.3) is 0 Å². The Balaban J connectivity index is 1.73. The van der Waals surface area contributed by atoms with Gasteiger partial charge in [0.15, 0.2) is 11.0 Å². The molecule has 106 valence electrons. The van der Waals surface area contributed by atoms with E-state index in [-0.39, 0.29) is 0 Å². The van der Waals surface area contributed by atoms with E-state index in [0.29, 0.717) is 5.56 Å². The van der Waals surface area contributed by atoms with E-state index in [0.717, 1.165) is 50.4 Å². The van der Waals surface area contributed by atoms with Crippen LogP contribution in [0.5, 0.6) is 0 Å². The molecule has 20 heavy (non-hydrogen) atoms. The SMILES string of the molecule is O=C(O)c1ccc2c(c1)[nH]c[n+]2CCN1CCOCC1. The maximum atomic E-state index is 10.9. The molecule has 2 heterocycles. The molecule has 1 saturated heterocycles. The number of aromatic carboxylic acids is 1. The summed E-state index contributed by atoms with van der Waals surface area (Å²) in [7, 11) is 0. The Kier molecular flexibility index (Phi) is 3.66. The highest BCUT2D eigenvalue weighted by Crippen LogP contribution is 2.10. The third kappa shape index (κ3) is 2.66. The predicted octanol–water partition coefficient (Wildman–Crippen LogP) is 0.486. The molecule has 6 nitrogen and oxygen atoms in total. The van der Waals surface area contributed by atoms with E-state index in [1.807, 2.05) is 12.4 Å². The predicted molar refractivity (Wildman–Crippen MR) is 72.7 cm³/mol. The zero-order chi connectivity index (χ0) is 13.9. The topological polar surface area (TPSA) is 69.4 Å². The van der Waals surface area contributed by atoms with E-state index in [9.17, 15) is 4.79 Å². The molecule has 0 bridgehead atoms. The van der Waals surface area contributed by atoms with E-state index >= 15 is 0 Å². The zero-order valence-corrected chi connectivity index (χ0v) is 11.2. The largest absolute Gasteiger partial charge is 0.478 e. The fraction of sp³-hybridized carbons (Fsp3) is 0.429. The molecule has 1 fully saturated rings. The first-order valence-corrected chi connectivity index (χ1v) is 6.78. The Morgan fingerprint density at radius 2 is 2.20 bits per heavy atom. The van der Waals surface area contributed by atoms with E-state index in [1.165, 1.54) is 0 Å². The van der Waals surface area contributed by atoms with Crippen LogP contribution in [0, 0.1) is 0 Å². The highest BCUT2D eigenvalue weighted by atomic mass is 16.5. The number of morpholine rings is 1. The molecular weight excluding hydrogens is 258 g/mol. The van der Waals surface area contributed by atoms with Crippen LogP contribution in [0.2, 0.25) is 0 Å². The van der Waals surface area contributed by atoms with Gasteiger partial charge in [0.2, 0.25) is 6.33 Å². The Bertz CT molecular complexity index is 617. The molecule has 0 spiro atoms. The molecule has 0 unspecified atom stereocenters. The number of hydrogen-bond donors (Lipinski definition) is 2. The van der Waals surface area contributed by atoms with Gasteiger partial charge in [-0.2, -0.15) is 0 Å². The highest BCUT2D eigenvalue weighted by molar-refractivity contribution is 5.91. The summed E-state index contributed by atoms with van der Waals surface area (Å²) in [6, 6.07) is 5.17. The number of aromatic amines is 1. The fourth-order valence-corrected chi connectivity index (χ4v) is 2.51. The van der Waals surface area contributed by atoms with E-state index < -0.39 is 5.97 Å². The molecule has 6 heteroatoms. The van der Waals surface area contributed by atoms with Crippen LogP contribution >= 0.6 is 0 Å². The smallest absolute Gasteiger partial charge is 0.335 e. The normalized spacial score (nSPS) is 16.6. The molecule has 0 radical (unpaired) electrons. The molecule has 1 aromatic heterocycles. The van der Waals surface area contributed by atoms with Crippen molar-refractivity contribution in [1.82, 2.24) is 9.88 Å². The van der Waals surface area contributed by atoms with Crippen LogP contribution < -0.4 is 4.57 Å². The summed E-state index contributed by atoms with van der Waals surface area (Å²) in [5.41, 5.74) is 2.19. The number of benzene rings is 1. The molecule has 0 saturated carbocycles. The van der Waals surface area contributed by atoms with Crippen LogP contribution in [-0.2, 0) is 11.3 Å². The quantitative estimate of drug-likeness (QED) is 0.797. The number of H-pyrrole nitrogens is 1. The number of imidazole rings is 1. The van der Waals surface area contributed by atoms with Crippen LogP contribution in [0.4, 0.5) is 0 Å². The molecule has 2 N–H and O–H groups in total. The molecule has 0 atom stereocenters. The van der Waals surface area contributed by atoms with E-state index in [4.69, 9.17) is 9.84 Å². The van der Waals surface area contributed by atoms with Gasteiger partial charge in [-0.3, -0.25) is 4.90 Å². The summed E-state index contributed by atoms with van der Waals surface area (Å²) in [5.74, 6) is -0.902. The van der Waals surface area contributed by atoms with Gasteiger partial charge in [-0.1, -0.05) is 0 Å². The van der Waals surface area contributed by atoms with Crippen LogP contribution in [-0.4, -0.2) is 53.8 Å². The van der Waals surface area contributed by atoms with Crippen molar-refractivity contribution in [2.75, 3.05) is 32.8 Å². The average molecular weight is 276 g/mol. The first-order valence-electron chi connectivity index (χ1n) is 6.78. The van der Waals surface area contributed by atoms with Crippen LogP contribution in [0.1, 0.15) is 10.4 Å². The number of hydrogen-bond acceptors (Lipinski definition) is 3. The lowest BCUT2D eigenvalue weighted by Gasteiger charge is -2.25. The molecule has 0 aliphatic carbocycles. The minimum absolute atomic E-state index is 0.305. The minimum atomic E-state index is -0.902. The van der Waals surface area contributed by atoms with Crippen molar-refractivity contribution in [2.24, 2.45) is 0 Å². The highest BCUT2D eigenvalue weighted by Gasteiger charge is 2.15. The van der Waals surface area contributed by atoms with Crippen molar-refractivity contribution >= 4 is 17.0 Å². The second kappa shape index (κ2) is 5.60. The lowest BCUT2D eigenvalue weighted by Crippen LogP contribution is -2.44. The summed E-state index contributed by atoms with van der Waals surface area (Å²) in [4.78, 5) is 16.4. The van der Waals surface area contributed by atoms with Gasteiger partial charge in [-0.25, -0.2) is 14.3 Å². The Labute approximate surface area is 116 Å². The Morgan fingerprint density at radius 1 is 1.40 bits per heavy atom. The molecule has 1 aliphatic rings. The summed E-state index contributed by atoms with van der Waals surface area (Å²) in [6.07, 6.45) is 1.90. The number of fused-ring (bicyclic) bond motifs is 1. The maximum Gasteiger partial charge on any atom is 0.335 e. The van der Waals surface area contributed by atoms with Crippen LogP contribution in [0.25, 0.3) is 11.0 Å². The van der Waals surface area contributed by atoms with Gasteiger partial charge in [-0.15, -0.1) is 0 Å². The van der Waals surface area contributed by atoms with Gasteiger partial charge in [0.05, 0.1) is 18.8 Å². The Morgan fingerprint density at radius 3 is 2.95 bits per heavy atom. The second-order valence-electron chi connectivity index (χ2n) is 4.96. The molecule has 2 aromatic rings. The fourth-order valence-electron chi connectivity index (χ4n) is 2.51. The van der Waals surface area contributed by atoms with Crippen LogP contribution in [0.15, 0.2) is 24.5 Å². The maximum absolute atomic E-state index is 10.9. The standard InChI is InChI=1S/C14H17N3O3/c18-14(19)11-1-2-13-12(9-11)15-10-17(13)4-3-16-5-7-20-8-6-16/h1-2,9-10H,3-8H2,(H,18,19)/p+1. The lowest BCUT2D eigenvalue weighted by molar-refractivity contribution is -0.670. The van der Waals surface area contributed by atoms with Crippen molar-refractivity contribution in [2.45, 2.75) is 6.54 Å². The number of nitrogens with one attached hydrogen (secondary N) is 1. The molecule has 3 rings (SSSR count). The summed E-state index contributed by atoms with van der Waals surface area (Å²) in [5, 5.41) is 8.99. The molecule has 1 aromatic carbocycles. The summed E-state index contributed by atoms with van der Waals surface area (Å²) < 4.78 is 7.45. The lowest BCUT2D eigenvalue weighted by atomic mass is 10.2. The minimum Gasteiger partial charge on any atom is -0.478 e. The number of carboxylic acids is 1. The average Bonchev–Trinajstić information content (AvgIpc) is 2.88. The van der Waals surface area contributed by atoms with Crippen molar-refractivity contribution in [3.05, 3.63) is 30.1 Å². The van der Waals surface area contributed by atoms with Gasteiger partial charge < -0.3 is 9.84 Å². The Hall–Kier alpha value is -1.92. The van der Waals surface area contributed by atoms with Crippen molar-refractivity contribution in [3.8, 4) is 0 Å². The molecule has 1 aliphatic heterocycles. The van der Waals surface area contributed by atoms with E-state index in [2.05, 4.69) is 14.5 Å². The second-order valence-corrected chi connectivity index (χ2v) is 4.96. The van der Waals surface area contributed by atoms with Gasteiger partial charge >= 0.3 is 5.97 Å². The summed E-state index contributed by atoms with van der Waals surface area (Å²) >= 11 is 0. The van der Waals surface area contributed by atoms with Crippen molar-refractivity contribution in [3.63, 3.8) is 0 Å². The molecule has 0 amide bonds. The first kappa shape index (κ1) is 13.1. The summed E-state index contributed by atoms with van der Waals surface area (Å²) in [6.45, 7) is 5.42. The third-order valence-electron chi connectivity index (χ3n) is 3.69. The number of nitrogens with zero attached hydrogens (tertiary/aromatic N) is 2. The van der Waals surface area contributed by atoms with E-state index in [1.54, 1.807) is 12.1 Å². The first-order chi connectivity index (χ1) is 9.74. The van der Waals surface area contributed by atoms with Crippen molar-refractivity contribution in [1.29, 1.82) is 0 Å². The number of aromatic nitrogens is 2. The number of carboxylic acid groups (broad SMARTS) is 1. The zero-order valence-electron chi connectivity index (χ0n) is 11.2. The van der Waals surface area contributed by atoms with Gasteiger partial charge in [0, 0.05) is 25.7 Å². The molecular formula is C14H18N3O3+. The van der Waals surface area contributed by atoms with Crippen molar-refractivity contribution < 1.29 is 19.2 Å². The monoisotopic (exact) mass is 276 g/mol. The van der Waals surface area contributed by atoms with Gasteiger partial charge in [-0.05, 0) is 12.1 Å². The number of ether oxygens (including phenoxy) is 1. The third-order valence-corrected chi connectivity index (χ3v) is 3.69.